The summed E-state index contributed by atoms with van der Waals surface area (Å²) in [6.45, 7) is 0. The summed E-state index contributed by atoms with van der Waals surface area (Å²) in [5.74, 6) is 0.599. The number of ether oxygens (including phenoxy) is 1. The van der Waals surface area contributed by atoms with Crippen LogP contribution in [0.3, 0.4) is 0 Å². The average Bonchev–Trinajstić information content (AvgIpc) is 2.34. The maximum Gasteiger partial charge on any atom is 0.137 e. The molecule has 90 valence electrons. The molecule has 2 rings (SSSR count). The van der Waals surface area contributed by atoms with Crippen molar-refractivity contribution in [3.63, 3.8) is 0 Å². The molecule has 0 radical (unpaired) electrons. The molecule has 0 spiro atoms. The highest BCUT2D eigenvalue weighted by atomic mass is 79.9. The Morgan fingerprint density at radius 1 is 1.17 bits per heavy atom. The molecule has 18 heavy (non-hydrogen) atoms. The molecule has 0 saturated carbocycles. The molecule has 0 fully saturated rings. The fourth-order valence-electron chi connectivity index (χ4n) is 1.33. The van der Waals surface area contributed by atoms with E-state index in [1.807, 2.05) is 6.07 Å². The Hall–Kier alpha value is -1.57. The van der Waals surface area contributed by atoms with Crippen LogP contribution in [0.25, 0.3) is 0 Å². The van der Waals surface area contributed by atoms with Gasteiger partial charge in [0.2, 0.25) is 0 Å². The average molecular weight is 327 g/mol. The second kappa shape index (κ2) is 5.38. The van der Waals surface area contributed by atoms with Gasteiger partial charge in [0.15, 0.2) is 0 Å². The monoisotopic (exact) mass is 325 g/mol. The standard InChI is InChI=1S/C13H6BrClFNO/c14-11-5-9(3-4-13(11)16)18-10-2-1-8(7-17)12(15)6-10/h1-6H. The molecule has 2 aromatic rings. The Labute approximate surface area is 117 Å². The predicted octanol–water partition coefficient (Wildman–Crippen LogP) is 4.91. The van der Waals surface area contributed by atoms with E-state index in [1.54, 1.807) is 12.1 Å². The van der Waals surface area contributed by atoms with Crippen LogP contribution in [0, 0.1) is 17.1 Å². The van der Waals surface area contributed by atoms with E-state index in [-0.39, 0.29) is 5.82 Å². The predicted molar refractivity (Wildman–Crippen MR) is 70.3 cm³/mol. The Morgan fingerprint density at radius 3 is 2.44 bits per heavy atom. The van der Waals surface area contributed by atoms with Gasteiger partial charge in [0, 0.05) is 6.07 Å². The largest absolute Gasteiger partial charge is 0.457 e. The summed E-state index contributed by atoms with van der Waals surface area (Å²) >= 11 is 8.95. The molecule has 2 aromatic carbocycles. The summed E-state index contributed by atoms with van der Waals surface area (Å²) < 4.78 is 18.9. The molecular weight excluding hydrogens is 321 g/mol. The Bertz CT molecular complexity index is 639. The van der Waals surface area contributed by atoms with Crippen LogP contribution in [0.15, 0.2) is 40.9 Å². The summed E-state index contributed by atoms with van der Waals surface area (Å²) in [5.41, 5.74) is 0.379. The molecular formula is C13H6BrClFNO. The molecule has 2 nitrogen and oxygen atoms in total. The lowest BCUT2D eigenvalue weighted by atomic mass is 10.2. The van der Waals surface area contributed by atoms with Crippen LogP contribution in [-0.4, -0.2) is 0 Å². The van der Waals surface area contributed by atoms with Crippen LogP contribution < -0.4 is 4.74 Å². The molecule has 0 aliphatic carbocycles. The summed E-state index contributed by atoms with van der Waals surface area (Å²) in [6.07, 6.45) is 0. The molecule has 0 N–H and O–H groups in total. The van der Waals surface area contributed by atoms with Gasteiger partial charge in [0.05, 0.1) is 15.1 Å². The van der Waals surface area contributed by atoms with Gasteiger partial charge in [-0.05, 0) is 46.3 Å². The van der Waals surface area contributed by atoms with Crippen molar-refractivity contribution in [3.8, 4) is 17.6 Å². The highest BCUT2D eigenvalue weighted by Gasteiger charge is 2.05. The number of rotatable bonds is 2. The van der Waals surface area contributed by atoms with Gasteiger partial charge in [-0.1, -0.05) is 11.6 Å². The minimum Gasteiger partial charge on any atom is -0.457 e. The van der Waals surface area contributed by atoms with Crippen LogP contribution in [0.5, 0.6) is 11.5 Å². The fourth-order valence-corrected chi connectivity index (χ4v) is 1.90. The van der Waals surface area contributed by atoms with Gasteiger partial charge in [-0.2, -0.15) is 5.26 Å². The summed E-state index contributed by atoms with van der Waals surface area (Å²) in [4.78, 5) is 0. The van der Waals surface area contributed by atoms with Gasteiger partial charge in [0.1, 0.15) is 23.4 Å². The molecule has 0 saturated heterocycles. The van der Waals surface area contributed by atoms with Crippen molar-refractivity contribution < 1.29 is 9.13 Å². The normalized spacial score (nSPS) is 9.89. The molecule has 0 atom stereocenters. The van der Waals surface area contributed by atoms with Crippen LogP contribution in [-0.2, 0) is 0 Å². The lowest BCUT2D eigenvalue weighted by Crippen LogP contribution is -1.87. The van der Waals surface area contributed by atoms with Gasteiger partial charge in [-0.25, -0.2) is 4.39 Å². The van der Waals surface area contributed by atoms with E-state index in [9.17, 15) is 4.39 Å². The number of hydrogen-bond acceptors (Lipinski definition) is 2. The van der Waals surface area contributed by atoms with Crippen molar-refractivity contribution >= 4 is 27.5 Å². The minimum atomic E-state index is -0.361. The summed E-state index contributed by atoms with van der Waals surface area (Å²) in [5, 5.41) is 9.06. The number of nitriles is 1. The van der Waals surface area contributed by atoms with Gasteiger partial charge in [-0.15, -0.1) is 0 Å². The molecule has 0 unspecified atom stereocenters. The smallest absolute Gasteiger partial charge is 0.137 e. The lowest BCUT2D eigenvalue weighted by Gasteiger charge is -2.07. The maximum atomic E-state index is 13.0. The van der Waals surface area contributed by atoms with Gasteiger partial charge in [0.25, 0.3) is 0 Å². The number of halogens is 3. The maximum absolute atomic E-state index is 13.0. The Balaban J connectivity index is 2.26. The zero-order valence-corrected chi connectivity index (χ0v) is 11.3. The van der Waals surface area contributed by atoms with Gasteiger partial charge < -0.3 is 4.74 Å². The van der Waals surface area contributed by atoms with E-state index in [1.165, 1.54) is 24.3 Å². The second-order valence-electron chi connectivity index (χ2n) is 3.43. The third-order valence-corrected chi connectivity index (χ3v) is 3.11. The van der Waals surface area contributed by atoms with E-state index < -0.39 is 0 Å². The van der Waals surface area contributed by atoms with Crippen molar-refractivity contribution in [3.05, 3.63) is 57.3 Å². The SMILES string of the molecule is N#Cc1ccc(Oc2ccc(F)c(Br)c2)cc1Cl. The van der Waals surface area contributed by atoms with Crippen molar-refractivity contribution in [1.29, 1.82) is 5.26 Å². The van der Waals surface area contributed by atoms with Gasteiger partial charge in [-0.3, -0.25) is 0 Å². The lowest BCUT2D eigenvalue weighted by molar-refractivity contribution is 0.480. The Morgan fingerprint density at radius 2 is 1.83 bits per heavy atom. The van der Waals surface area contributed by atoms with Crippen molar-refractivity contribution in [1.82, 2.24) is 0 Å². The summed E-state index contributed by atoms with van der Waals surface area (Å²) in [7, 11) is 0. The molecule has 0 aliphatic heterocycles. The molecule has 0 amide bonds. The zero-order chi connectivity index (χ0) is 13.1. The first-order chi connectivity index (χ1) is 8.60. The fraction of sp³-hybridized carbons (Fsp3) is 0. The van der Waals surface area contributed by atoms with Crippen molar-refractivity contribution in [2.24, 2.45) is 0 Å². The molecule has 5 heteroatoms. The molecule has 0 aromatic heterocycles. The highest BCUT2D eigenvalue weighted by Crippen LogP contribution is 2.29. The van der Waals surface area contributed by atoms with E-state index >= 15 is 0 Å². The quantitative estimate of drug-likeness (QED) is 0.786. The topological polar surface area (TPSA) is 33.0 Å². The molecule has 0 heterocycles. The first kappa shape index (κ1) is 12.9. The Kier molecular flexibility index (Phi) is 3.85. The van der Waals surface area contributed by atoms with Crippen LogP contribution >= 0.6 is 27.5 Å². The van der Waals surface area contributed by atoms with E-state index in [4.69, 9.17) is 21.6 Å². The highest BCUT2D eigenvalue weighted by molar-refractivity contribution is 9.10. The van der Waals surface area contributed by atoms with Crippen LogP contribution in [0.2, 0.25) is 5.02 Å². The van der Waals surface area contributed by atoms with Gasteiger partial charge >= 0.3 is 0 Å². The summed E-state index contributed by atoms with van der Waals surface area (Å²) in [6, 6.07) is 11.0. The van der Waals surface area contributed by atoms with Crippen molar-refractivity contribution in [2.75, 3.05) is 0 Å². The third kappa shape index (κ3) is 2.81. The first-order valence-electron chi connectivity index (χ1n) is 4.92. The molecule has 0 aliphatic rings. The number of nitrogens with zero attached hydrogens (tertiary/aromatic N) is 1. The minimum absolute atomic E-state index is 0.316. The molecule has 0 bridgehead atoms. The third-order valence-electron chi connectivity index (χ3n) is 2.19. The van der Waals surface area contributed by atoms with E-state index in [0.717, 1.165) is 0 Å². The number of hydrogen-bond donors (Lipinski definition) is 0. The van der Waals surface area contributed by atoms with Crippen LogP contribution in [0.1, 0.15) is 5.56 Å². The van der Waals surface area contributed by atoms with E-state index in [2.05, 4.69) is 15.9 Å². The van der Waals surface area contributed by atoms with Crippen molar-refractivity contribution in [2.45, 2.75) is 0 Å². The number of benzene rings is 2. The second-order valence-corrected chi connectivity index (χ2v) is 4.69. The zero-order valence-electron chi connectivity index (χ0n) is 8.95. The van der Waals surface area contributed by atoms with E-state index in [0.29, 0.717) is 26.6 Å². The first-order valence-corrected chi connectivity index (χ1v) is 6.10. The van der Waals surface area contributed by atoms with Crippen LogP contribution in [0.4, 0.5) is 4.39 Å².